The number of fused-ring (bicyclic) bond motifs is 1. The number of urea groups is 1. The maximum Gasteiger partial charge on any atom is 0.407 e. The number of nitrogens with zero attached hydrogens (tertiary/aromatic N) is 1. The summed E-state index contributed by atoms with van der Waals surface area (Å²) in [6.45, 7) is 5.69. The average molecular weight is 592 g/mol. The highest BCUT2D eigenvalue weighted by Gasteiger charge is 2.63. The van der Waals surface area contributed by atoms with Crippen LogP contribution in [-0.4, -0.2) is 90.3 Å². The van der Waals surface area contributed by atoms with Gasteiger partial charge in [-0.3, -0.25) is 9.36 Å². The standard InChI is InChI=1S/C24H42N5O8PS/c1-4-36-38(34,37-5-2)24(3)17(11-14-29(24)33)15-35-23(32)26-13-8-12-25-20(30)10-7-6-9-19-21-18(16-39-19)27-22(31)28-21/h14,17-19,21H,4-13,15-16H2,1-3H3,(H,25,30)(H,26,32)(H2,27,28,31)/t17-,18-,19+,21+,24-/m1/s1. The lowest BCUT2D eigenvalue weighted by molar-refractivity contribution is -0.515. The number of nitrogens with one attached hydrogen (secondary N) is 4. The lowest BCUT2D eigenvalue weighted by atomic mass is 10.0. The molecule has 4 N–H and O–H groups in total. The highest BCUT2D eigenvalue weighted by atomic mass is 32.2. The highest BCUT2D eigenvalue weighted by Crippen LogP contribution is 2.64. The molecule has 2 saturated heterocycles. The molecule has 13 nitrogen and oxygen atoms in total. The Bertz CT molecular complexity index is 945. The number of alkyl carbamates (subject to hydrolysis) is 1. The van der Waals surface area contributed by atoms with Crippen LogP contribution in [0.1, 0.15) is 59.3 Å². The average Bonchev–Trinajstić information content (AvgIpc) is 3.54. The van der Waals surface area contributed by atoms with Gasteiger partial charge in [0, 0.05) is 43.9 Å². The van der Waals surface area contributed by atoms with E-state index in [0.29, 0.717) is 35.9 Å². The summed E-state index contributed by atoms with van der Waals surface area (Å²) < 4.78 is 30.1. The van der Waals surface area contributed by atoms with Crippen LogP contribution in [0.25, 0.3) is 0 Å². The van der Waals surface area contributed by atoms with Crippen molar-refractivity contribution >= 4 is 43.6 Å². The molecule has 222 valence electrons. The monoisotopic (exact) mass is 591 g/mol. The Balaban J connectivity index is 1.26. The van der Waals surface area contributed by atoms with Crippen molar-refractivity contribution in [2.75, 3.05) is 38.7 Å². The number of carbonyl (C=O) groups excluding carboxylic acids is 3. The summed E-state index contributed by atoms with van der Waals surface area (Å²) in [4.78, 5) is 35.7. The Hall–Kier alpha value is -2.02. The van der Waals surface area contributed by atoms with E-state index in [4.69, 9.17) is 13.8 Å². The second-order valence-corrected chi connectivity index (χ2v) is 13.7. The minimum absolute atomic E-state index is 0.0303. The van der Waals surface area contributed by atoms with E-state index in [1.807, 2.05) is 11.8 Å². The van der Waals surface area contributed by atoms with Gasteiger partial charge in [-0.05, 0) is 33.1 Å². The summed E-state index contributed by atoms with van der Waals surface area (Å²) in [5.74, 6) is 0.334. The summed E-state index contributed by atoms with van der Waals surface area (Å²) in [5, 5.41) is 22.9. The predicted octanol–water partition coefficient (Wildman–Crippen LogP) is 2.53. The Labute approximate surface area is 234 Å². The molecule has 0 aromatic heterocycles. The topological polar surface area (TPSA) is 170 Å². The zero-order valence-electron chi connectivity index (χ0n) is 22.9. The van der Waals surface area contributed by atoms with Gasteiger partial charge in [0.15, 0.2) is 6.21 Å². The SMILES string of the molecule is CCOP(=O)(OCC)[C@]1(C)[C@@H](COC(=O)NCCCNC(=O)CCCC[C@@H]2SC[C@H]3NC(=O)N[C@H]23)CC=[N+]1[O-]. The summed E-state index contributed by atoms with van der Waals surface area (Å²) in [6, 6.07) is 0.311. The molecule has 0 aromatic rings. The van der Waals surface area contributed by atoms with Crippen molar-refractivity contribution in [3.05, 3.63) is 5.21 Å². The van der Waals surface area contributed by atoms with Crippen LogP contribution in [0.5, 0.6) is 0 Å². The van der Waals surface area contributed by atoms with E-state index in [2.05, 4.69) is 21.3 Å². The van der Waals surface area contributed by atoms with Gasteiger partial charge >= 0.3 is 19.7 Å². The molecular formula is C24H42N5O8PS. The van der Waals surface area contributed by atoms with Gasteiger partial charge in [-0.2, -0.15) is 16.5 Å². The number of carbonyl (C=O) groups is 3. The van der Waals surface area contributed by atoms with E-state index in [9.17, 15) is 24.2 Å². The molecule has 2 fully saturated rings. The zero-order valence-corrected chi connectivity index (χ0v) is 24.7. The molecule has 0 saturated carbocycles. The van der Waals surface area contributed by atoms with E-state index in [1.54, 1.807) is 13.8 Å². The Morgan fingerprint density at radius 2 is 1.90 bits per heavy atom. The number of ether oxygens (including phenoxy) is 1. The number of hydrogen-bond acceptors (Lipinski definition) is 9. The van der Waals surface area contributed by atoms with Crippen LogP contribution in [-0.2, 0) is 23.1 Å². The van der Waals surface area contributed by atoms with Crippen molar-refractivity contribution in [2.24, 2.45) is 5.92 Å². The van der Waals surface area contributed by atoms with Crippen molar-refractivity contribution in [1.29, 1.82) is 0 Å². The van der Waals surface area contributed by atoms with Crippen LogP contribution < -0.4 is 21.3 Å². The number of hydrogen-bond donors (Lipinski definition) is 4. The normalized spacial score (nSPS) is 27.9. The third-order valence-electron chi connectivity index (χ3n) is 7.37. The smallest absolute Gasteiger partial charge is 0.407 e. The Morgan fingerprint density at radius 3 is 2.62 bits per heavy atom. The van der Waals surface area contributed by atoms with Gasteiger partial charge < -0.3 is 40.3 Å². The van der Waals surface area contributed by atoms with Crippen molar-refractivity contribution < 1.29 is 37.5 Å². The second-order valence-electron chi connectivity index (χ2n) is 9.96. The van der Waals surface area contributed by atoms with E-state index >= 15 is 0 Å². The summed E-state index contributed by atoms with van der Waals surface area (Å²) >= 11 is 1.87. The van der Waals surface area contributed by atoms with Gasteiger partial charge in [-0.25, -0.2) is 9.59 Å². The second kappa shape index (κ2) is 14.6. The maximum absolute atomic E-state index is 13.4. The largest absolute Gasteiger partial charge is 0.623 e. The van der Waals surface area contributed by atoms with Crippen molar-refractivity contribution in [3.63, 3.8) is 0 Å². The van der Waals surface area contributed by atoms with E-state index < -0.39 is 24.9 Å². The Morgan fingerprint density at radius 1 is 1.18 bits per heavy atom. The molecule has 0 bridgehead atoms. The number of unbranched alkanes of at least 4 members (excludes halogenated alkanes) is 1. The molecule has 0 radical (unpaired) electrons. The van der Waals surface area contributed by atoms with Crippen molar-refractivity contribution in [3.8, 4) is 0 Å². The highest BCUT2D eigenvalue weighted by molar-refractivity contribution is 8.00. The number of rotatable bonds is 16. The first-order valence-electron chi connectivity index (χ1n) is 13.7. The van der Waals surface area contributed by atoms with Gasteiger partial charge in [0.05, 0.1) is 31.2 Å². The van der Waals surface area contributed by atoms with E-state index in [1.165, 1.54) is 13.1 Å². The van der Waals surface area contributed by atoms with Gasteiger partial charge in [-0.1, -0.05) is 6.42 Å². The first kappa shape index (κ1) is 31.5. The molecule has 0 spiro atoms. The first-order valence-corrected chi connectivity index (χ1v) is 16.3. The predicted molar refractivity (Wildman–Crippen MR) is 148 cm³/mol. The minimum Gasteiger partial charge on any atom is -0.623 e. The first-order chi connectivity index (χ1) is 18.6. The zero-order chi connectivity index (χ0) is 28.5. The van der Waals surface area contributed by atoms with Gasteiger partial charge in [0.1, 0.15) is 6.61 Å². The molecule has 39 heavy (non-hydrogen) atoms. The molecular weight excluding hydrogens is 549 g/mol. The maximum atomic E-state index is 13.4. The van der Waals surface area contributed by atoms with Crippen LogP contribution in [0.4, 0.5) is 9.59 Å². The van der Waals surface area contributed by atoms with Crippen LogP contribution in [0.2, 0.25) is 0 Å². The minimum atomic E-state index is -3.80. The van der Waals surface area contributed by atoms with Gasteiger partial charge in [0.25, 0.3) is 5.28 Å². The van der Waals surface area contributed by atoms with Crippen LogP contribution in [0.3, 0.4) is 0 Å². The quantitative estimate of drug-likeness (QED) is 0.0692. The molecule has 4 amide bonds. The molecule has 3 heterocycles. The molecule has 0 aromatic carbocycles. The van der Waals surface area contributed by atoms with E-state index in [-0.39, 0.29) is 50.3 Å². The molecule has 0 unspecified atom stereocenters. The third-order valence-corrected chi connectivity index (χ3v) is 11.7. The lowest BCUT2D eigenvalue weighted by Gasteiger charge is -2.34. The van der Waals surface area contributed by atoms with Gasteiger partial charge in [0.2, 0.25) is 5.91 Å². The van der Waals surface area contributed by atoms with Crippen molar-refractivity contribution in [2.45, 2.75) is 81.9 Å². The number of amides is 4. The third kappa shape index (κ3) is 7.80. The lowest BCUT2D eigenvalue weighted by Crippen LogP contribution is -2.43. The van der Waals surface area contributed by atoms with Crippen LogP contribution in [0, 0.1) is 11.1 Å². The van der Waals surface area contributed by atoms with Gasteiger partial charge in [-0.15, -0.1) is 0 Å². The van der Waals surface area contributed by atoms with E-state index in [0.717, 1.165) is 25.0 Å². The fraction of sp³-hybridized carbons (Fsp3) is 0.833. The summed E-state index contributed by atoms with van der Waals surface area (Å²) in [6.07, 6.45) is 4.62. The fourth-order valence-corrected chi connectivity index (χ4v) is 8.89. The van der Waals surface area contributed by atoms with Crippen LogP contribution >= 0.6 is 19.4 Å². The number of hydroxylamine groups is 1. The molecule has 3 rings (SSSR count). The van der Waals surface area contributed by atoms with Crippen molar-refractivity contribution in [1.82, 2.24) is 21.3 Å². The summed E-state index contributed by atoms with van der Waals surface area (Å²) in [7, 11) is -3.80. The Kier molecular flexibility index (Phi) is 11.8. The molecule has 5 atom stereocenters. The fourth-order valence-electron chi connectivity index (χ4n) is 5.12. The molecule has 3 aliphatic heterocycles. The molecule has 0 aliphatic carbocycles. The van der Waals surface area contributed by atoms with Crippen LogP contribution in [0.15, 0.2) is 0 Å². The summed E-state index contributed by atoms with van der Waals surface area (Å²) in [5.41, 5.74) is 0. The molecule has 3 aliphatic rings. The number of thioether (sulfide) groups is 1. The molecule has 15 heteroatoms.